The minimum atomic E-state index is 0.446. The number of thiocarbonyl (C=S) groups is 1. The van der Waals surface area contributed by atoms with E-state index in [-0.39, 0.29) is 0 Å². The van der Waals surface area contributed by atoms with Gasteiger partial charge >= 0.3 is 0 Å². The summed E-state index contributed by atoms with van der Waals surface area (Å²) in [5.74, 6) is 0.664. The Morgan fingerprint density at radius 1 is 1.14 bits per heavy atom. The normalized spacial score (nSPS) is 10.6. The van der Waals surface area contributed by atoms with Crippen LogP contribution in [0.4, 0.5) is 11.4 Å². The fourth-order valence-corrected chi connectivity index (χ4v) is 3.41. The topological polar surface area (TPSA) is 51.1 Å². The van der Waals surface area contributed by atoms with Gasteiger partial charge < -0.3 is 15.4 Å². The number of nitrogens with zero attached hydrogens (tertiary/aromatic N) is 2. The monoisotopic (exact) mass is 414 g/mol. The molecular weight excluding hydrogens is 392 g/mol. The third-order valence-corrected chi connectivity index (χ3v) is 5.05. The van der Waals surface area contributed by atoms with Crippen molar-refractivity contribution in [1.82, 2.24) is 9.78 Å². The van der Waals surface area contributed by atoms with E-state index in [4.69, 9.17) is 28.6 Å². The van der Waals surface area contributed by atoms with Crippen molar-refractivity contribution < 1.29 is 4.74 Å². The molecular formula is C21H23ClN4OS. The first-order valence-corrected chi connectivity index (χ1v) is 9.67. The number of nitrogens with one attached hydrogen (secondary N) is 2. The van der Waals surface area contributed by atoms with Crippen LogP contribution in [0, 0.1) is 20.8 Å². The zero-order valence-corrected chi connectivity index (χ0v) is 17.9. The highest BCUT2D eigenvalue weighted by Crippen LogP contribution is 2.28. The standard InChI is InChI=1S/C21H23ClN4OS/c1-13-7-5-6-8-16(13)12-26-15(3)20(14(2)25-26)24-21(28)23-18-11-17(22)9-10-19(18)27-4/h5-11H,12H2,1-4H3,(H2,23,24,28). The van der Waals surface area contributed by atoms with Gasteiger partial charge in [-0.3, -0.25) is 4.68 Å². The van der Waals surface area contributed by atoms with Crippen molar-refractivity contribution in [3.8, 4) is 5.75 Å². The van der Waals surface area contributed by atoms with Crippen molar-refractivity contribution in [2.75, 3.05) is 17.7 Å². The number of hydrogen-bond acceptors (Lipinski definition) is 3. The van der Waals surface area contributed by atoms with Gasteiger partial charge in [0.15, 0.2) is 5.11 Å². The van der Waals surface area contributed by atoms with Crippen LogP contribution in [0.25, 0.3) is 0 Å². The molecule has 0 atom stereocenters. The zero-order chi connectivity index (χ0) is 20.3. The highest BCUT2D eigenvalue weighted by Gasteiger charge is 2.14. The lowest BCUT2D eigenvalue weighted by molar-refractivity contribution is 0.417. The van der Waals surface area contributed by atoms with Crippen molar-refractivity contribution in [2.24, 2.45) is 0 Å². The number of benzene rings is 2. The maximum absolute atomic E-state index is 6.09. The van der Waals surface area contributed by atoms with Crippen LogP contribution in [0.5, 0.6) is 5.75 Å². The molecule has 0 bridgehead atoms. The van der Waals surface area contributed by atoms with Gasteiger partial charge in [0.2, 0.25) is 0 Å². The Kier molecular flexibility index (Phi) is 6.21. The molecule has 1 heterocycles. The fraction of sp³-hybridized carbons (Fsp3) is 0.238. The number of aromatic nitrogens is 2. The van der Waals surface area contributed by atoms with E-state index in [1.807, 2.05) is 30.7 Å². The van der Waals surface area contributed by atoms with Gasteiger partial charge in [0, 0.05) is 5.02 Å². The molecule has 146 valence electrons. The predicted octanol–water partition coefficient (Wildman–Crippen LogP) is 5.33. The highest BCUT2D eigenvalue weighted by molar-refractivity contribution is 7.80. The fourth-order valence-electron chi connectivity index (χ4n) is 3.03. The second kappa shape index (κ2) is 8.63. The Bertz CT molecular complexity index is 1020. The lowest BCUT2D eigenvalue weighted by atomic mass is 10.1. The van der Waals surface area contributed by atoms with E-state index >= 15 is 0 Å². The molecule has 2 aromatic carbocycles. The first-order valence-electron chi connectivity index (χ1n) is 8.89. The number of methoxy groups -OCH3 is 1. The molecule has 2 N–H and O–H groups in total. The molecule has 0 saturated heterocycles. The van der Waals surface area contributed by atoms with E-state index in [9.17, 15) is 0 Å². The molecule has 0 unspecified atom stereocenters. The minimum absolute atomic E-state index is 0.446. The van der Waals surface area contributed by atoms with Crippen LogP contribution in [0.3, 0.4) is 0 Å². The first-order chi connectivity index (χ1) is 13.4. The predicted molar refractivity (Wildman–Crippen MR) is 120 cm³/mol. The summed E-state index contributed by atoms with van der Waals surface area (Å²) >= 11 is 11.6. The summed E-state index contributed by atoms with van der Waals surface area (Å²) in [5, 5.41) is 12.1. The van der Waals surface area contributed by atoms with Crippen LogP contribution < -0.4 is 15.4 Å². The lowest BCUT2D eigenvalue weighted by Crippen LogP contribution is -2.20. The van der Waals surface area contributed by atoms with Crippen LogP contribution in [-0.2, 0) is 6.54 Å². The zero-order valence-electron chi connectivity index (χ0n) is 16.3. The van der Waals surface area contributed by atoms with Crippen LogP contribution >= 0.6 is 23.8 Å². The van der Waals surface area contributed by atoms with Gasteiger partial charge in [-0.2, -0.15) is 5.10 Å². The average Bonchev–Trinajstić information content (AvgIpc) is 2.91. The van der Waals surface area contributed by atoms with Crippen molar-refractivity contribution in [2.45, 2.75) is 27.3 Å². The van der Waals surface area contributed by atoms with E-state index in [0.29, 0.717) is 28.1 Å². The highest BCUT2D eigenvalue weighted by atomic mass is 35.5. The first kappa shape index (κ1) is 20.2. The van der Waals surface area contributed by atoms with Gasteiger partial charge in [-0.15, -0.1) is 0 Å². The Hall–Kier alpha value is -2.57. The summed E-state index contributed by atoms with van der Waals surface area (Å²) in [4.78, 5) is 0. The molecule has 3 rings (SSSR count). The molecule has 3 aromatic rings. The van der Waals surface area contributed by atoms with Gasteiger partial charge in [-0.05, 0) is 62.3 Å². The second-order valence-corrected chi connectivity index (χ2v) is 7.40. The summed E-state index contributed by atoms with van der Waals surface area (Å²) < 4.78 is 7.34. The molecule has 0 aliphatic rings. The third kappa shape index (κ3) is 4.46. The molecule has 0 saturated carbocycles. The van der Waals surface area contributed by atoms with Crippen molar-refractivity contribution in [1.29, 1.82) is 0 Å². The smallest absolute Gasteiger partial charge is 0.175 e. The number of hydrogen-bond donors (Lipinski definition) is 2. The number of aryl methyl sites for hydroxylation is 2. The molecule has 28 heavy (non-hydrogen) atoms. The van der Waals surface area contributed by atoms with Crippen LogP contribution in [0.1, 0.15) is 22.5 Å². The summed E-state index contributed by atoms with van der Waals surface area (Å²) in [5.41, 5.74) is 5.98. The van der Waals surface area contributed by atoms with E-state index in [1.165, 1.54) is 11.1 Å². The van der Waals surface area contributed by atoms with Gasteiger partial charge in [0.25, 0.3) is 0 Å². The van der Waals surface area contributed by atoms with Gasteiger partial charge in [0.05, 0.1) is 36.4 Å². The molecule has 0 amide bonds. The van der Waals surface area contributed by atoms with Gasteiger partial charge in [-0.1, -0.05) is 35.9 Å². The Morgan fingerprint density at radius 3 is 2.61 bits per heavy atom. The lowest BCUT2D eigenvalue weighted by Gasteiger charge is -2.14. The van der Waals surface area contributed by atoms with Crippen molar-refractivity contribution >= 4 is 40.3 Å². The molecule has 1 aromatic heterocycles. The molecule has 5 nitrogen and oxygen atoms in total. The molecule has 0 fully saturated rings. The SMILES string of the molecule is COc1ccc(Cl)cc1NC(=S)Nc1c(C)nn(Cc2ccccc2C)c1C. The molecule has 0 spiro atoms. The van der Waals surface area contributed by atoms with Crippen molar-refractivity contribution in [3.63, 3.8) is 0 Å². The summed E-state index contributed by atoms with van der Waals surface area (Å²) in [6.07, 6.45) is 0. The van der Waals surface area contributed by atoms with Crippen molar-refractivity contribution in [3.05, 3.63) is 70.0 Å². The average molecular weight is 415 g/mol. The van der Waals surface area contributed by atoms with Crippen LogP contribution in [-0.4, -0.2) is 22.0 Å². The van der Waals surface area contributed by atoms with E-state index < -0.39 is 0 Å². The van der Waals surface area contributed by atoms with Crippen LogP contribution in [0.15, 0.2) is 42.5 Å². The van der Waals surface area contributed by atoms with Gasteiger partial charge in [0.1, 0.15) is 5.75 Å². The molecule has 0 aliphatic carbocycles. The van der Waals surface area contributed by atoms with E-state index in [2.05, 4.69) is 34.8 Å². The molecule has 0 radical (unpaired) electrons. The Morgan fingerprint density at radius 2 is 1.89 bits per heavy atom. The maximum atomic E-state index is 6.09. The maximum Gasteiger partial charge on any atom is 0.175 e. The number of ether oxygens (including phenoxy) is 1. The largest absolute Gasteiger partial charge is 0.495 e. The molecule has 7 heteroatoms. The Labute approximate surface area is 175 Å². The summed E-state index contributed by atoms with van der Waals surface area (Å²) in [6, 6.07) is 13.7. The minimum Gasteiger partial charge on any atom is -0.495 e. The third-order valence-electron chi connectivity index (χ3n) is 4.61. The number of halogens is 1. The quantitative estimate of drug-likeness (QED) is 0.553. The summed E-state index contributed by atoms with van der Waals surface area (Å²) in [7, 11) is 1.61. The van der Waals surface area contributed by atoms with E-state index in [0.717, 1.165) is 17.1 Å². The number of rotatable bonds is 5. The second-order valence-electron chi connectivity index (χ2n) is 6.55. The number of anilines is 2. The summed E-state index contributed by atoms with van der Waals surface area (Å²) in [6.45, 7) is 6.82. The van der Waals surface area contributed by atoms with E-state index in [1.54, 1.807) is 25.3 Å². The van der Waals surface area contributed by atoms with Crippen LogP contribution in [0.2, 0.25) is 5.02 Å². The molecule has 0 aliphatic heterocycles. The Balaban J connectivity index is 1.78. The van der Waals surface area contributed by atoms with Gasteiger partial charge in [-0.25, -0.2) is 0 Å².